The van der Waals surface area contributed by atoms with Gasteiger partial charge >= 0.3 is 12.2 Å². The molecule has 0 bridgehead atoms. The van der Waals surface area contributed by atoms with E-state index in [1.807, 2.05) is 64.1 Å². The fraction of sp³-hybridized carbons (Fsp3) is 0.391. The van der Waals surface area contributed by atoms with E-state index < -0.39 is 40.3 Å². The highest BCUT2D eigenvalue weighted by molar-refractivity contribution is 7.90. The monoisotopic (exact) mass is 891 g/mol. The molecule has 18 heteroatoms. The Bertz CT molecular complexity index is 2850. The number of hydrogen-bond acceptors (Lipinski definition) is 9. The number of fused-ring (bicyclic) bond motifs is 3. The summed E-state index contributed by atoms with van der Waals surface area (Å²) >= 11 is 0. The Morgan fingerprint density at radius 1 is 0.781 bits per heavy atom. The first-order chi connectivity index (χ1) is 30.6. The number of carboxylic acid groups (broad SMARTS) is 1. The second-order valence-electron chi connectivity index (χ2n) is 17.2. The summed E-state index contributed by atoms with van der Waals surface area (Å²) in [4.78, 5) is 72.5. The molecule has 2 aliphatic heterocycles. The molecule has 4 atom stereocenters. The van der Waals surface area contributed by atoms with Crippen LogP contribution in [0.2, 0.25) is 0 Å². The predicted octanol–water partition coefficient (Wildman–Crippen LogP) is 7.15. The van der Waals surface area contributed by atoms with Gasteiger partial charge in [0, 0.05) is 42.0 Å². The second kappa shape index (κ2) is 17.5. The number of alkyl carbamates (subject to hydrolysis) is 1. The average Bonchev–Trinajstić information content (AvgIpc) is 4.13. The van der Waals surface area contributed by atoms with Crippen molar-refractivity contribution in [3.63, 3.8) is 0 Å². The van der Waals surface area contributed by atoms with Crippen LogP contribution in [0.3, 0.4) is 0 Å². The number of aromatic nitrogens is 5. The lowest BCUT2D eigenvalue weighted by molar-refractivity contribution is -0.138. The Hall–Kier alpha value is -6.69. The highest BCUT2D eigenvalue weighted by Crippen LogP contribution is 2.39. The van der Waals surface area contributed by atoms with Crippen molar-refractivity contribution >= 4 is 55.8 Å². The molecule has 5 heterocycles. The van der Waals surface area contributed by atoms with Crippen LogP contribution in [0.5, 0.6) is 0 Å². The number of methoxy groups -OCH3 is 1. The van der Waals surface area contributed by atoms with E-state index in [0.29, 0.717) is 81.9 Å². The molecule has 0 radical (unpaired) electrons. The molecule has 6 aromatic rings. The molecule has 336 valence electrons. The molecule has 3 aromatic carbocycles. The summed E-state index contributed by atoms with van der Waals surface area (Å²) in [6.07, 6.45) is 4.30. The van der Waals surface area contributed by atoms with Crippen molar-refractivity contribution < 1.29 is 37.4 Å². The molecule has 0 saturated carbocycles. The highest BCUT2D eigenvalue weighted by atomic mass is 32.2. The summed E-state index contributed by atoms with van der Waals surface area (Å²) in [7, 11) is -1.49. The Morgan fingerprint density at radius 3 is 1.77 bits per heavy atom. The van der Waals surface area contributed by atoms with E-state index in [9.17, 15) is 32.7 Å². The van der Waals surface area contributed by atoms with Gasteiger partial charge in [-0.25, -0.2) is 31.9 Å². The predicted molar refractivity (Wildman–Crippen MR) is 240 cm³/mol. The maximum absolute atomic E-state index is 14.7. The van der Waals surface area contributed by atoms with E-state index in [-0.39, 0.29) is 34.6 Å². The Morgan fingerprint density at radius 2 is 1.30 bits per heavy atom. The normalized spacial score (nSPS) is 17.7. The number of H-pyrrole nitrogens is 2. The van der Waals surface area contributed by atoms with E-state index in [1.54, 1.807) is 52.5 Å². The number of carbonyl (C=O) groups excluding carboxylic acids is 3. The molecule has 4 N–H and O–H groups in total. The number of hydrogen-bond donors (Lipinski definition) is 4. The van der Waals surface area contributed by atoms with Gasteiger partial charge in [-0.1, -0.05) is 70.2 Å². The molecule has 3 aromatic heterocycles. The summed E-state index contributed by atoms with van der Waals surface area (Å²) in [5.74, 6) is 0.216. The molecule has 17 nitrogen and oxygen atoms in total. The fourth-order valence-electron chi connectivity index (χ4n) is 9.28. The first-order valence-electron chi connectivity index (χ1n) is 21.5. The maximum Gasteiger partial charge on any atom is 0.407 e. The molecular formula is C46H53N9O8S. The molecule has 64 heavy (non-hydrogen) atoms. The minimum Gasteiger partial charge on any atom is -0.465 e. The van der Waals surface area contributed by atoms with Gasteiger partial charge < -0.3 is 34.9 Å². The number of nitrogens with zero attached hydrogens (tertiary/aromatic N) is 6. The van der Waals surface area contributed by atoms with Crippen LogP contribution >= 0.6 is 0 Å². The van der Waals surface area contributed by atoms with Crippen LogP contribution in [0.4, 0.5) is 9.59 Å². The summed E-state index contributed by atoms with van der Waals surface area (Å²) in [6, 6.07) is 17.1. The van der Waals surface area contributed by atoms with Crippen molar-refractivity contribution in [1.82, 2.24) is 43.9 Å². The van der Waals surface area contributed by atoms with E-state index in [0.717, 1.165) is 17.7 Å². The minimum absolute atomic E-state index is 0.115. The molecule has 8 rings (SSSR count). The number of amides is 4. The summed E-state index contributed by atoms with van der Waals surface area (Å²) < 4.78 is 35.6. The Balaban J connectivity index is 1.15. The lowest BCUT2D eigenvalue weighted by Gasteiger charge is -2.33. The van der Waals surface area contributed by atoms with Crippen LogP contribution < -0.4 is 5.32 Å². The third kappa shape index (κ3) is 7.94. The molecule has 0 aliphatic carbocycles. The van der Waals surface area contributed by atoms with Gasteiger partial charge in [-0.3, -0.25) is 14.5 Å². The van der Waals surface area contributed by atoms with Gasteiger partial charge in [0.15, 0.2) is 0 Å². The smallest absolute Gasteiger partial charge is 0.407 e. The maximum atomic E-state index is 14.7. The van der Waals surface area contributed by atoms with Gasteiger partial charge in [0.1, 0.15) is 23.7 Å². The molecule has 0 spiro atoms. The van der Waals surface area contributed by atoms with Crippen LogP contribution in [0.15, 0.2) is 84.0 Å². The fourth-order valence-corrected chi connectivity index (χ4v) is 10.8. The number of likely N-dealkylation sites (N-methyl/N-ethyl adjacent to an activating group) is 1. The average molecular weight is 892 g/mol. The van der Waals surface area contributed by atoms with Gasteiger partial charge in [0.2, 0.25) is 11.8 Å². The number of ether oxygens (including phenoxy) is 1. The zero-order chi connectivity index (χ0) is 45.6. The molecule has 2 fully saturated rings. The Labute approximate surface area is 370 Å². The van der Waals surface area contributed by atoms with Gasteiger partial charge in [-0.05, 0) is 61.8 Å². The molecule has 2 aliphatic rings. The topological polar surface area (TPSA) is 216 Å². The van der Waals surface area contributed by atoms with Crippen LogP contribution in [0.25, 0.3) is 44.3 Å². The lowest BCUT2D eigenvalue weighted by Crippen LogP contribution is -2.51. The number of benzene rings is 3. The van der Waals surface area contributed by atoms with Crippen molar-refractivity contribution in [1.29, 1.82) is 0 Å². The Kier molecular flexibility index (Phi) is 12.0. The molecular weight excluding hydrogens is 839 g/mol. The number of nitrogens with one attached hydrogen (secondary N) is 3. The summed E-state index contributed by atoms with van der Waals surface area (Å²) in [5, 5.41) is 13.8. The van der Waals surface area contributed by atoms with Gasteiger partial charge in [0.25, 0.3) is 10.0 Å². The number of aromatic amines is 2. The highest BCUT2D eigenvalue weighted by Gasteiger charge is 2.40. The SMILES string of the molecule is COC(=O)N[C@H](C(=O)N1CCC[C@H]1c1ncc(-c2ccc3c4ccc(-c5cnc([C@@H]6CCCN6C(=O)[C@H](C(C)C)N(C)C(=O)O)[nH]5)cc4n(S(=O)(=O)c4ccccc4)c3c2)[nH]1)C(C)C. The quantitative estimate of drug-likeness (QED) is 0.0973. The van der Waals surface area contributed by atoms with Crippen LogP contribution in [0.1, 0.15) is 77.1 Å². The lowest BCUT2D eigenvalue weighted by atomic mass is 10.0. The zero-order valence-electron chi connectivity index (χ0n) is 36.6. The van der Waals surface area contributed by atoms with Crippen LogP contribution in [-0.2, 0) is 24.3 Å². The van der Waals surface area contributed by atoms with E-state index >= 15 is 0 Å². The van der Waals surface area contributed by atoms with Gasteiger partial charge in [0.05, 0.1) is 58.9 Å². The molecule has 0 unspecified atom stereocenters. The third-order valence-corrected chi connectivity index (χ3v) is 14.3. The standard InChI is InChI=1S/C46H53N9O8S/c1-26(2)39(51-45(58)63-6)43(56)53-20-10-14-35(53)41-47-24-33(49-41)28-16-18-31-32-19-17-29(23-38(32)55(37(31)22-28)64(61,62)30-12-8-7-9-13-30)34-25-48-42(50-34)36-15-11-21-54(36)44(57)40(27(3)4)52(5)46(59)60/h7-9,12-13,16-19,22-27,35-36,39-40H,10-11,14-15,20-21H2,1-6H3,(H,47,49)(H,48,50)(H,51,58)(H,59,60)/t35-,36-,39-,40-/m0/s1. The summed E-state index contributed by atoms with van der Waals surface area (Å²) in [6.45, 7) is 8.34. The van der Waals surface area contributed by atoms with Crippen LogP contribution in [0, 0.1) is 11.8 Å². The van der Waals surface area contributed by atoms with Gasteiger partial charge in [-0.15, -0.1) is 0 Å². The van der Waals surface area contributed by atoms with Crippen molar-refractivity contribution in [2.45, 2.75) is 82.4 Å². The third-order valence-electron chi connectivity index (χ3n) is 12.5. The number of rotatable bonds is 12. The first-order valence-corrected chi connectivity index (χ1v) is 22.9. The minimum atomic E-state index is -4.16. The largest absolute Gasteiger partial charge is 0.465 e. The zero-order valence-corrected chi connectivity index (χ0v) is 37.4. The number of likely N-dealkylation sites (tertiary alicyclic amines) is 2. The van der Waals surface area contributed by atoms with E-state index in [2.05, 4.69) is 15.3 Å². The van der Waals surface area contributed by atoms with Crippen LogP contribution in [-0.4, -0.2) is 115 Å². The van der Waals surface area contributed by atoms with Gasteiger partial charge in [-0.2, -0.15) is 0 Å². The van der Waals surface area contributed by atoms with Crippen molar-refractivity contribution in [2.24, 2.45) is 11.8 Å². The van der Waals surface area contributed by atoms with Crippen molar-refractivity contribution in [3.8, 4) is 22.5 Å². The number of carbonyl (C=O) groups is 4. The second-order valence-corrected chi connectivity index (χ2v) is 19.0. The van der Waals surface area contributed by atoms with E-state index in [4.69, 9.17) is 14.7 Å². The van der Waals surface area contributed by atoms with E-state index in [1.165, 1.54) is 18.1 Å². The number of imidazole rings is 2. The van der Waals surface area contributed by atoms with Crippen molar-refractivity contribution in [3.05, 3.63) is 90.8 Å². The van der Waals surface area contributed by atoms with Crippen molar-refractivity contribution in [2.75, 3.05) is 27.2 Å². The summed E-state index contributed by atoms with van der Waals surface area (Å²) in [5.41, 5.74) is 3.52. The first kappa shape index (κ1) is 43.9. The molecule has 4 amide bonds. The molecule has 2 saturated heterocycles.